The van der Waals surface area contributed by atoms with E-state index in [4.69, 9.17) is 14.6 Å². The Labute approximate surface area is 146 Å². The molecule has 0 aromatic heterocycles. The van der Waals surface area contributed by atoms with E-state index in [1.54, 1.807) is 12.1 Å². The molecular formula is C20H21FO4. The molecule has 0 heterocycles. The number of hydrogen-bond donors (Lipinski definition) is 1. The Morgan fingerprint density at radius 3 is 2.56 bits per heavy atom. The second-order valence-electron chi connectivity index (χ2n) is 6.54. The molecule has 1 saturated carbocycles. The number of aliphatic carboxylic acids is 1. The Morgan fingerprint density at radius 1 is 1.24 bits per heavy atom. The average Bonchev–Trinajstić information content (AvgIpc) is 3.35. The summed E-state index contributed by atoms with van der Waals surface area (Å²) in [6.45, 7) is 4.20. The van der Waals surface area contributed by atoms with Crippen LogP contribution in [0.5, 0.6) is 5.75 Å². The summed E-state index contributed by atoms with van der Waals surface area (Å²) >= 11 is 0. The molecule has 3 rings (SSSR count). The zero-order valence-electron chi connectivity index (χ0n) is 14.2. The van der Waals surface area contributed by atoms with Gasteiger partial charge in [-0.3, -0.25) is 4.79 Å². The lowest BCUT2D eigenvalue weighted by molar-refractivity contribution is -0.139. The largest absolute Gasteiger partial charge is 0.491 e. The van der Waals surface area contributed by atoms with Crippen LogP contribution in [0.1, 0.15) is 25.8 Å². The van der Waals surface area contributed by atoms with Gasteiger partial charge in [0.15, 0.2) is 0 Å². The van der Waals surface area contributed by atoms with E-state index < -0.39 is 5.97 Å². The van der Waals surface area contributed by atoms with E-state index in [1.807, 2.05) is 38.1 Å². The Morgan fingerprint density at radius 2 is 1.96 bits per heavy atom. The average molecular weight is 344 g/mol. The summed E-state index contributed by atoms with van der Waals surface area (Å²) in [6.07, 6.45) is 0.399. The van der Waals surface area contributed by atoms with Crippen LogP contribution < -0.4 is 4.74 Å². The van der Waals surface area contributed by atoms with Crippen LogP contribution in [0.2, 0.25) is 0 Å². The van der Waals surface area contributed by atoms with Gasteiger partial charge in [0.2, 0.25) is 0 Å². The van der Waals surface area contributed by atoms with Crippen molar-refractivity contribution in [3.8, 4) is 16.9 Å². The molecule has 0 radical (unpaired) electrons. The molecule has 1 fully saturated rings. The molecule has 2 aromatic rings. The quantitative estimate of drug-likeness (QED) is 0.815. The highest BCUT2D eigenvalue weighted by atomic mass is 19.1. The van der Waals surface area contributed by atoms with Gasteiger partial charge in [0, 0.05) is 5.56 Å². The number of benzene rings is 2. The molecule has 0 amide bonds. The number of carboxylic acid groups (broad SMARTS) is 1. The third kappa shape index (κ3) is 4.37. The van der Waals surface area contributed by atoms with Gasteiger partial charge >= 0.3 is 5.97 Å². The van der Waals surface area contributed by atoms with Crippen LogP contribution in [0.15, 0.2) is 42.5 Å². The van der Waals surface area contributed by atoms with Crippen LogP contribution in [0, 0.1) is 11.7 Å². The van der Waals surface area contributed by atoms with E-state index >= 15 is 0 Å². The third-order valence-corrected chi connectivity index (χ3v) is 4.09. The fourth-order valence-electron chi connectivity index (χ4n) is 2.67. The molecule has 0 spiro atoms. The van der Waals surface area contributed by atoms with Gasteiger partial charge in [-0.2, -0.15) is 0 Å². The maximum Gasteiger partial charge on any atom is 0.309 e. The molecule has 0 aliphatic heterocycles. The van der Waals surface area contributed by atoms with Crippen molar-refractivity contribution in [3.63, 3.8) is 0 Å². The molecule has 4 nitrogen and oxygen atoms in total. The molecule has 1 aliphatic rings. The third-order valence-electron chi connectivity index (χ3n) is 4.09. The minimum absolute atomic E-state index is 0.0230. The SMILES string of the molecule is CC(C)Oc1ccc(F)c(-c2ccc(COC3CC3C(=O)O)cc2)c1. The van der Waals surface area contributed by atoms with Gasteiger partial charge in [-0.25, -0.2) is 4.39 Å². The highest BCUT2D eigenvalue weighted by molar-refractivity contribution is 5.74. The first-order chi connectivity index (χ1) is 11.9. The maximum atomic E-state index is 14.1. The van der Waals surface area contributed by atoms with Crippen molar-refractivity contribution in [2.45, 2.75) is 39.1 Å². The minimum atomic E-state index is -0.806. The molecule has 2 unspecified atom stereocenters. The maximum absolute atomic E-state index is 14.1. The van der Waals surface area contributed by atoms with Crippen molar-refractivity contribution in [2.75, 3.05) is 0 Å². The molecule has 2 atom stereocenters. The molecule has 5 heteroatoms. The highest BCUT2D eigenvalue weighted by Gasteiger charge is 2.44. The zero-order valence-corrected chi connectivity index (χ0v) is 14.2. The van der Waals surface area contributed by atoms with Gasteiger partial charge in [-0.15, -0.1) is 0 Å². The summed E-state index contributed by atoms with van der Waals surface area (Å²) in [5.74, 6) is -0.856. The molecule has 132 valence electrons. The van der Waals surface area contributed by atoms with Crippen LogP contribution in [0.25, 0.3) is 11.1 Å². The Kier molecular flexibility index (Phi) is 5.04. The molecule has 1 aliphatic carbocycles. The second kappa shape index (κ2) is 7.23. The van der Waals surface area contributed by atoms with Crippen molar-refractivity contribution < 1.29 is 23.8 Å². The van der Waals surface area contributed by atoms with Crippen LogP contribution in [0.3, 0.4) is 0 Å². The molecule has 1 N–H and O–H groups in total. The summed E-state index contributed by atoms with van der Waals surface area (Å²) in [5, 5.41) is 8.86. The van der Waals surface area contributed by atoms with E-state index in [0.717, 1.165) is 11.1 Å². The van der Waals surface area contributed by atoms with E-state index in [-0.39, 0.29) is 23.9 Å². The fraction of sp³-hybridized carbons (Fsp3) is 0.350. The molecule has 2 aromatic carbocycles. The number of ether oxygens (including phenoxy) is 2. The fourth-order valence-corrected chi connectivity index (χ4v) is 2.67. The lowest BCUT2D eigenvalue weighted by Gasteiger charge is -2.12. The summed E-state index contributed by atoms with van der Waals surface area (Å²) in [4.78, 5) is 10.8. The summed E-state index contributed by atoms with van der Waals surface area (Å²) in [5.41, 5.74) is 2.17. The predicted molar refractivity (Wildman–Crippen MR) is 91.9 cm³/mol. The lowest BCUT2D eigenvalue weighted by atomic mass is 10.0. The minimum Gasteiger partial charge on any atom is -0.491 e. The monoisotopic (exact) mass is 344 g/mol. The van der Waals surface area contributed by atoms with E-state index in [1.165, 1.54) is 6.07 Å². The molecule has 0 bridgehead atoms. The number of rotatable bonds is 7. The van der Waals surface area contributed by atoms with Gasteiger partial charge in [-0.05, 0) is 49.6 Å². The standard InChI is InChI=1S/C20H21FO4/c1-12(2)25-15-7-8-18(21)16(9-15)14-5-3-13(4-6-14)11-24-19-10-17(19)20(22)23/h3-9,12,17,19H,10-11H2,1-2H3,(H,22,23). The van der Waals surface area contributed by atoms with Gasteiger partial charge in [-0.1, -0.05) is 24.3 Å². The smallest absolute Gasteiger partial charge is 0.309 e. The van der Waals surface area contributed by atoms with Gasteiger partial charge in [0.05, 0.1) is 24.7 Å². The Bertz CT molecular complexity index is 755. The second-order valence-corrected chi connectivity index (χ2v) is 6.54. The Hall–Kier alpha value is -2.40. The van der Waals surface area contributed by atoms with Crippen LogP contribution >= 0.6 is 0 Å². The summed E-state index contributed by atoms with van der Waals surface area (Å²) < 4.78 is 25.3. The van der Waals surface area contributed by atoms with Crippen molar-refractivity contribution in [1.29, 1.82) is 0 Å². The number of hydrogen-bond acceptors (Lipinski definition) is 3. The van der Waals surface area contributed by atoms with Gasteiger partial charge in [0.25, 0.3) is 0 Å². The van der Waals surface area contributed by atoms with Crippen LogP contribution in [-0.4, -0.2) is 23.3 Å². The van der Waals surface area contributed by atoms with E-state index in [0.29, 0.717) is 24.3 Å². The topological polar surface area (TPSA) is 55.8 Å². The lowest BCUT2D eigenvalue weighted by Crippen LogP contribution is -2.05. The summed E-state index contributed by atoms with van der Waals surface area (Å²) in [7, 11) is 0. The normalized spacial score (nSPS) is 19.0. The zero-order chi connectivity index (χ0) is 18.0. The van der Waals surface area contributed by atoms with E-state index in [9.17, 15) is 9.18 Å². The first kappa shape index (κ1) is 17.4. The van der Waals surface area contributed by atoms with Crippen molar-refractivity contribution in [3.05, 3.63) is 53.8 Å². The van der Waals surface area contributed by atoms with Crippen LogP contribution in [0.4, 0.5) is 4.39 Å². The van der Waals surface area contributed by atoms with Crippen molar-refractivity contribution in [2.24, 2.45) is 5.92 Å². The van der Waals surface area contributed by atoms with Crippen LogP contribution in [-0.2, 0) is 16.1 Å². The summed E-state index contributed by atoms with van der Waals surface area (Å²) in [6, 6.07) is 12.1. The molecule has 0 saturated heterocycles. The first-order valence-electron chi connectivity index (χ1n) is 8.34. The number of carbonyl (C=O) groups is 1. The van der Waals surface area contributed by atoms with Crippen molar-refractivity contribution in [1.82, 2.24) is 0 Å². The Balaban J connectivity index is 1.67. The van der Waals surface area contributed by atoms with Gasteiger partial charge in [0.1, 0.15) is 11.6 Å². The first-order valence-corrected chi connectivity index (χ1v) is 8.34. The van der Waals surface area contributed by atoms with Crippen molar-refractivity contribution >= 4 is 5.97 Å². The molecular weight excluding hydrogens is 323 g/mol. The number of halogens is 1. The number of carboxylic acids is 1. The molecule has 25 heavy (non-hydrogen) atoms. The predicted octanol–water partition coefficient (Wildman–Crippen LogP) is 4.27. The van der Waals surface area contributed by atoms with E-state index in [2.05, 4.69) is 0 Å². The van der Waals surface area contributed by atoms with Gasteiger partial charge < -0.3 is 14.6 Å². The highest BCUT2D eigenvalue weighted by Crippen LogP contribution is 2.34.